The Balaban J connectivity index is 1.69. The Morgan fingerprint density at radius 1 is 1.10 bits per heavy atom. The predicted molar refractivity (Wildman–Crippen MR) is 79.8 cm³/mol. The molecule has 1 unspecified atom stereocenters. The van der Waals surface area contributed by atoms with E-state index in [-0.39, 0.29) is 6.04 Å². The first-order valence-corrected chi connectivity index (χ1v) is 6.66. The lowest BCUT2D eigenvalue weighted by molar-refractivity contribution is 0.275. The van der Waals surface area contributed by atoms with Gasteiger partial charge in [-0.25, -0.2) is 0 Å². The fourth-order valence-electron chi connectivity index (χ4n) is 2.09. The van der Waals surface area contributed by atoms with Gasteiger partial charge in [0.25, 0.3) is 0 Å². The van der Waals surface area contributed by atoms with Crippen LogP contribution in [0, 0.1) is 6.92 Å². The van der Waals surface area contributed by atoms with Crippen LogP contribution in [0.4, 0.5) is 0 Å². The lowest BCUT2D eigenvalue weighted by Crippen LogP contribution is -2.18. The first-order chi connectivity index (χ1) is 9.72. The zero-order valence-electron chi connectivity index (χ0n) is 11.4. The van der Waals surface area contributed by atoms with Gasteiger partial charge in [0.15, 0.2) is 0 Å². The standard InChI is InChI=1S/C17H17NO2/c1-12-6-8-14(9-7-12)19-11-15(18)17-10-13-4-2-3-5-16(13)20-17/h2-10,15H,11,18H2,1H3. The molecule has 2 aromatic carbocycles. The number of nitrogens with two attached hydrogens (primary N) is 1. The summed E-state index contributed by atoms with van der Waals surface area (Å²) in [5.74, 6) is 1.57. The number of para-hydroxylation sites is 1. The van der Waals surface area contributed by atoms with Crippen molar-refractivity contribution in [1.82, 2.24) is 0 Å². The quantitative estimate of drug-likeness (QED) is 0.781. The molecule has 0 bridgehead atoms. The number of fused-ring (bicyclic) bond motifs is 1. The molecule has 0 spiro atoms. The topological polar surface area (TPSA) is 48.4 Å². The van der Waals surface area contributed by atoms with Gasteiger partial charge in [-0.2, -0.15) is 0 Å². The second kappa shape index (κ2) is 5.39. The van der Waals surface area contributed by atoms with Crippen LogP contribution >= 0.6 is 0 Å². The van der Waals surface area contributed by atoms with Gasteiger partial charge < -0.3 is 14.9 Å². The fraction of sp³-hybridized carbons (Fsp3) is 0.176. The average Bonchev–Trinajstić information content (AvgIpc) is 2.90. The average molecular weight is 267 g/mol. The molecular formula is C17H17NO2. The highest BCUT2D eigenvalue weighted by molar-refractivity contribution is 5.77. The summed E-state index contributed by atoms with van der Waals surface area (Å²) in [4.78, 5) is 0. The van der Waals surface area contributed by atoms with Gasteiger partial charge in [-0.05, 0) is 31.2 Å². The van der Waals surface area contributed by atoms with Crippen molar-refractivity contribution >= 4 is 11.0 Å². The second-order valence-corrected chi connectivity index (χ2v) is 4.92. The lowest BCUT2D eigenvalue weighted by atomic mass is 10.2. The molecule has 0 saturated heterocycles. The lowest BCUT2D eigenvalue weighted by Gasteiger charge is -2.11. The Morgan fingerprint density at radius 2 is 1.85 bits per heavy atom. The van der Waals surface area contributed by atoms with E-state index in [4.69, 9.17) is 14.9 Å². The molecule has 3 nitrogen and oxygen atoms in total. The number of ether oxygens (including phenoxy) is 1. The number of rotatable bonds is 4. The largest absolute Gasteiger partial charge is 0.491 e. The summed E-state index contributed by atoms with van der Waals surface area (Å²) in [6.07, 6.45) is 0. The Hall–Kier alpha value is -2.26. The van der Waals surface area contributed by atoms with E-state index in [9.17, 15) is 0 Å². The molecule has 0 amide bonds. The van der Waals surface area contributed by atoms with E-state index < -0.39 is 0 Å². The van der Waals surface area contributed by atoms with Gasteiger partial charge in [0, 0.05) is 5.39 Å². The predicted octanol–water partition coefficient (Wildman–Crippen LogP) is 3.82. The van der Waals surface area contributed by atoms with E-state index in [2.05, 4.69) is 0 Å². The third kappa shape index (κ3) is 2.68. The van der Waals surface area contributed by atoms with Gasteiger partial charge in [0.2, 0.25) is 0 Å². The first-order valence-electron chi connectivity index (χ1n) is 6.66. The Morgan fingerprint density at radius 3 is 2.60 bits per heavy atom. The summed E-state index contributed by atoms with van der Waals surface area (Å²) in [6, 6.07) is 17.5. The molecule has 0 saturated carbocycles. The fourth-order valence-corrected chi connectivity index (χ4v) is 2.09. The number of aryl methyl sites for hydroxylation is 1. The van der Waals surface area contributed by atoms with Gasteiger partial charge in [0.05, 0.1) is 6.04 Å². The third-order valence-electron chi connectivity index (χ3n) is 3.26. The van der Waals surface area contributed by atoms with Crippen LogP contribution in [-0.2, 0) is 0 Å². The maximum atomic E-state index is 6.12. The molecule has 3 aromatic rings. The summed E-state index contributed by atoms with van der Waals surface area (Å²) in [7, 11) is 0. The van der Waals surface area contributed by atoms with E-state index in [1.54, 1.807) is 0 Å². The highest BCUT2D eigenvalue weighted by atomic mass is 16.5. The molecule has 2 N–H and O–H groups in total. The minimum atomic E-state index is -0.274. The number of hydrogen-bond donors (Lipinski definition) is 1. The van der Waals surface area contributed by atoms with Crippen LogP contribution in [0.25, 0.3) is 11.0 Å². The van der Waals surface area contributed by atoms with Gasteiger partial charge in [0.1, 0.15) is 23.7 Å². The van der Waals surface area contributed by atoms with Crippen LogP contribution in [0.5, 0.6) is 5.75 Å². The molecule has 20 heavy (non-hydrogen) atoms. The minimum Gasteiger partial charge on any atom is -0.491 e. The molecule has 0 aliphatic heterocycles. The van der Waals surface area contributed by atoms with Crippen LogP contribution in [0.3, 0.4) is 0 Å². The molecular weight excluding hydrogens is 250 g/mol. The molecule has 3 rings (SSSR count). The molecule has 0 aliphatic rings. The zero-order valence-corrected chi connectivity index (χ0v) is 11.4. The van der Waals surface area contributed by atoms with Gasteiger partial charge in [-0.15, -0.1) is 0 Å². The van der Waals surface area contributed by atoms with E-state index in [0.29, 0.717) is 6.61 Å². The van der Waals surface area contributed by atoms with Crippen molar-refractivity contribution in [1.29, 1.82) is 0 Å². The summed E-state index contributed by atoms with van der Waals surface area (Å²) in [5, 5.41) is 1.06. The van der Waals surface area contributed by atoms with Crippen molar-refractivity contribution in [2.75, 3.05) is 6.61 Å². The van der Waals surface area contributed by atoms with Crippen molar-refractivity contribution in [3.8, 4) is 5.75 Å². The zero-order chi connectivity index (χ0) is 13.9. The first kappa shape index (κ1) is 12.8. The number of benzene rings is 2. The van der Waals surface area contributed by atoms with Crippen LogP contribution in [0.2, 0.25) is 0 Å². The van der Waals surface area contributed by atoms with E-state index >= 15 is 0 Å². The normalized spacial score (nSPS) is 12.5. The monoisotopic (exact) mass is 267 g/mol. The Bertz CT molecular complexity index is 667. The SMILES string of the molecule is Cc1ccc(OCC(N)c2cc3ccccc3o2)cc1. The molecule has 0 aliphatic carbocycles. The second-order valence-electron chi connectivity index (χ2n) is 4.92. The van der Waals surface area contributed by atoms with Crippen LogP contribution in [0.15, 0.2) is 59.0 Å². The van der Waals surface area contributed by atoms with Crippen LogP contribution in [0.1, 0.15) is 17.4 Å². The summed E-state index contributed by atoms with van der Waals surface area (Å²) < 4.78 is 11.4. The minimum absolute atomic E-state index is 0.274. The molecule has 1 aromatic heterocycles. The van der Waals surface area contributed by atoms with Gasteiger partial charge >= 0.3 is 0 Å². The van der Waals surface area contributed by atoms with E-state index in [1.165, 1.54) is 5.56 Å². The maximum Gasteiger partial charge on any atom is 0.134 e. The Kier molecular flexibility index (Phi) is 3.44. The van der Waals surface area contributed by atoms with Crippen LogP contribution in [-0.4, -0.2) is 6.61 Å². The number of furan rings is 1. The van der Waals surface area contributed by atoms with Crippen molar-refractivity contribution in [3.05, 3.63) is 65.9 Å². The molecule has 0 fully saturated rings. The third-order valence-corrected chi connectivity index (χ3v) is 3.26. The summed E-state index contributed by atoms with van der Waals surface area (Å²) in [6.45, 7) is 2.44. The van der Waals surface area contributed by atoms with Crippen LogP contribution < -0.4 is 10.5 Å². The van der Waals surface area contributed by atoms with Crippen molar-refractivity contribution in [2.24, 2.45) is 5.73 Å². The van der Waals surface area contributed by atoms with Gasteiger partial charge in [-0.1, -0.05) is 35.9 Å². The maximum absolute atomic E-state index is 6.12. The highest BCUT2D eigenvalue weighted by Crippen LogP contribution is 2.23. The molecule has 0 radical (unpaired) electrons. The van der Waals surface area contributed by atoms with Crippen molar-refractivity contribution < 1.29 is 9.15 Å². The molecule has 3 heteroatoms. The molecule has 1 atom stereocenters. The molecule has 1 heterocycles. The van der Waals surface area contributed by atoms with E-state index in [1.807, 2.05) is 61.5 Å². The highest BCUT2D eigenvalue weighted by Gasteiger charge is 2.12. The van der Waals surface area contributed by atoms with Crippen molar-refractivity contribution in [2.45, 2.75) is 13.0 Å². The summed E-state index contributed by atoms with van der Waals surface area (Å²) >= 11 is 0. The van der Waals surface area contributed by atoms with Gasteiger partial charge in [-0.3, -0.25) is 0 Å². The van der Waals surface area contributed by atoms with Crippen molar-refractivity contribution in [3.63, 3.8) is 0 Å². The smallest absolute Gasteiger partial charge is 0.134 e. The Labute approximate surface area is 118 Å². The number of hydrogen-bond acceptors (Lipinski definition) is 3. The van der Waals surface area contributed by atoms with E-state index in [0.717, 1.165) is 22.5 Å². The molecule has 102 valence electrons. The summed E-state index contributed by atoms with van der Waals surface area (Å²) in [5.41, 5.74) is 8.18.